The Morgan fingerprint density at radius 2 is 2.00 bits per heavy atom. The summed E-state index contributed by atoms with van der Waals surface area (Å²) in [5.41, 5.74) is 5.06. The second kappa shape index (κ2) is 10.2. The molecule has 12 heavy (non-hydrogen) atoms. The van der Waals surface area contributed by atoms with E-state index in [1.165, 1.54) is 18.9 Å². The molecule has 0 aromatic heterocycles. The highest BCUT2D eigenvalue weighted by Gasteiger charge is 2.06. The molecule has 0 aliphatic heterocycles. The van der Waals surface area contributed by atoms with Gasteiger partial charge in [-0.05, 0) is 6.42 Å². The lowest BCUT2D eigenvalue weighted by atomic mass is 10.2. The summed E-state index contributed by atoms with van der Waals surface area (Å²) in [7, 11) is 0. The number of carboxylic acids is 1. The number of aliphatic carboxylic acids is 1. The lowest BCUT2D eigenvalue weighted by Crippen LogP contribution is -2.28. The third-order valence-electron chi connectivity index (χ3n) is 1.24. The molecule has 0 rings (SSSR count). The molecular weight excluding hydrogens is 154 g/mol. The van der Waals surface area contributed by atoms with E-state index in [4.69, 9.17) is 10.8 Å². The first-order valence-electron chi connectivity index (χ1n) is 4.19. The molecule has 0 aliphatic carbocycles. The van der Waals surface area contributed by atoms with Crippen molar-refractivity contribution < 1.29 is 9.90 Å². The van der Waals surface area contributed by atoms with Crippen molar-refractivity contribution in [3.63, 3.8) is 0 Å². The van der Waals surface area contributed by atoms with Crippen LogP contribution >= 0.6 is 0 Å². The summed E-state index contributed by atoms with van der Waals surface area (Å²) >= 11 is 0. The fraction of sp³-hybridized carbons (Fsp3) is 0.667. The van der Waals surface area contributed by atoms with Crippen LogP contribution in [0.25, 0.3) is 0 Å². The monoisotopic (exact) mass is 173 g/mol. The van der Waals surface area contributed by atoms with E-state index in [9.17, 15) is 4.79 Å². The quantitative estimate of drug-likeness (QED) is 0.637. The van der Waals surface area contributed by atoms with Crippen LogP contribution in [0.5, 0.6) is 0 Å². The van der Waals surface area contributed by atoms with Crippen LogP contribution < -0.4 is 5.73 Å². The highest BCUT2D eigenvalue weighted by molar-refractivity contribution is 5.73. The first-order valence-corrected chi connectivity index (χ1v) is 4.19. The molecule has 0 saturated heterocycles. The van der Waals surface area contributed by atoms with E-state index in [1.54, 1.807) is 0 Å². The molecule has 0 spiro atoms. The van der Waals surface area contributed by atoms with Crippen molar-refractivity contribution in [2.45, 2.75) is 39.2 Å². The van der Waals surface area contributed by atoms with E-state index in [-0.39, 0.29) is 0 Å². The summed E-state index contributed by atoms with van der Waals surface area (Å²) in [5.74, 6) is -0.982. The number of carbonyl (C=O) groups is 1. The van der Waals surface area contributed by atoms with Crippen LogP contribution in [0.4, 0.5) is 0 Å². The van der Waals surface area contributed by atoms with Gasteiger partial charge in [0.2, 0.25) is 0 Å². The van der Waals surface area contributed by atoms with Gasteiger partial charge in [-0.15, -0.1) is 6.58 Å². The van der Waals surface area contributed by atoms with E-state index in [1.807, 2.05) is 0 Å². The Morgan fingerprint density at radius 1 is 1.58 bits per heavy atom. The molecule has 1 unspecified atom stereocenters. The van der Waals surface area contributed by atoms with Crippen molar-refractivity contribution in [1.29, 1.82) is 0 Å². The van der Waals surface area contributed by atoms with Gasteiger partial charge in [0.15, 0.2) is 0 Å². The van der Waals surface area contributed by atoms with Gasteiger partial charge in [-0.1, -0.05) is 32.8 Å². The summed E-state index contributed by atoms with van der Waals surface area (Å²) in [6.45, 7) is 7.70. The summed E-state index contributed by atoms with van der Waals surface area (Å²) in [4.78, 5) is 9.92. The SMILES string of the molecule is C=CCC(N)C(=O)O.CCCC. The van der Waals surface area contributed by atoms with E-state index >= 15 is 0 Å². The molecule has 0 radical (unpaired) electrons. The number of nitrogens with two attached hydrogens (primary N) is 1. The highest BCUT2D eigenvalue weighted by atomic mass is 16.4. The molecule has 3 nitrogen and oxygen atoms in total. The lowest BCUT2D eigenvalue weighted by molar-refractivity contribution is -0.138. The average molecular weight is 173 g/mol. The van der Waals surface area contributed by atoms with Gasteiger partial charge in [-0.3, -0.25) is 4.79 Å². The van der Waals surface area contributed by atoms with Crippen LogP contribution in [0.3, 0.4) is 0 Å². The van der Waals surface area contributed by atoms with Crippen molar-refractivity contribution in [3.8, 4) is 0 Å². The standard InChI is InChI=1S/C5H9NO2.C4H10/c1-2-3-4(6)5(7)8;1-3-4-2/h2,4H,1,3,6H2,(H,7,8);3-4H2,1-2H3. The van der Waals surface area contributed by atoms with Gasteiger partial charge in [-0.25, -0.2) is 0 Å². The second-order valence-electron chi connectivity index (χ2n) is 2.47. The van der Waals surface area contributed by atoms with E-state index in [0.29, 0.717) is 6.42 Å². The highest BCUT2D eigenvalue weighted by Crippen LogP contribution is 1.86. The van der Waals surface area contributed by atoms with Gasteiger partial charge in [0.05, 0.1) is 0 Å². The van der Waals surface area contributed by atoms with E-state index in [0.717, 1.165) is 0 Å². The minimum absolute atomic E-state index is 0.329. The molecule has 0 aromatic rings. The Morgan fingerprint density at radius 3 is 2.08 bits per heavy atom. The molecule has 0 aliphatic rings. The smallest absolute Gasteiger partial charge is 0.320 e. The molecule has 0 aromatic carbocycles. The van der Waals surface area contributed by atoms with Crippen LogP contribution in [-0.2, 0) is 4.79 Å². The third kappa shape index (κ3) is 11.9. The van der Waals surface area contributed by atoms with Gasteiger partial charge in [0, 0.05) is 0 Å². The Bertz CT molecular complexity index is 122. The maximum Gasteiger partial charge on any atom is 0.320 e. The molecule has 72 valence electrons. The fourth-order valence-corrected chi connectivity index (χ4v) is 0.280. The Kier molecular flexibility index (Phi) is 11.6. The summed E-state index contributed by atoms with van der Waals surface area (Å²) < 4.78 is 0. The normalized spacial score (nSPS) is 10.9. The first-order chi connectivity index (χ1) is 5.59. The van der Waals surface area contributed by atoms with Gasteiger partial charge >= 0.3 is 5.97 Å². The molecule has 0 fully saturated rings. The van der Waals surface area contributed by atoms with Crippen LogP contribution in [-0.4, -0.2) is 17.1 Å². The molecule has 0 bridgehead atoms. The third-order valence-corrected chi connectivity index (χ3v) is 1.24. The zero-order chi connectivity index (χ0) is 9.98. The molecule has 1 atom stereocenters. The van der Waals surface area contributed by atoms with Crippen LogP contribution in [0, 0.1) is 0 Å². The maximum absolute atomic E-state index is 9.92. The summed E-state index contributed by atoms with van der Waals surface area (Å²) in [6, 6.07) is -0.785. The Balaban J connectivity index is 0. The largest absolute Gasteiger partial charge is 0.480 e. The van der Waals surface area contributed by atoms with Crippen LogP contribution in [0.1, 0.15) is 33.1 Å². The van der Waals surface area contributed by atoms with E-state index < -0.39 is 12.0 Å². The van der Waals surface area contributed by atoms with Crippen LogP contribution in [0.2, 0.25) is 0 Å². The first kappa shape index (κ1) is 13.7. The topological polar surface area (TPSA) is 63.3 Å². The summed E-state index contributed by atoms with van der Waals surface area (Å²) in [5, 5.41) is 8.14. The van der Waals surface area contributed by atoms with Gasteiger partial charge in [0.1, 0.15) is 6.04 Å². The van der Waals surface area contributed by atoms with Crippen molar-refractivity contribution in [1.82, 2.24) is 0 Å². The Hall–Kier alpha value is -0.830. The molecule has 3 heteroatoms. The molecule has 0 saturated carbocycles. The van der Waals surface area contributed by atoms with E-state index in [2.05, 4.69) is 20.4 Å². The number of carboxylic acid groups (broad SMARTS) is 1. The predicted octanol–water partition coefficient (Wildman–Crippen LogP) is 1.78. The van der Waals surface area contributed by atoms with Gasteiger partial charge in [-0.2, -0.15) is 0 Å². The molecule has 0 heterocycles. The van der Waals surface area contributed by atoms with Gasteiger partial charge < -0.3 is 10.8 Å². The summed E-state index contributed by atoms with van der Waals surface area (Å²) in [6.07, 6.45) is 4.45. The minimum Gasteiger partial charge on any atom is -0.480 e. The molecular formula is C9H19NO2. The zero-order valence-electron chi connectivity index (χ0n) is 7.92. The van der Waals surface area contributed by atoms with Crippen molar-refractivity contribution in [3.05, 3.63) is 12.7 Å². The maximum atomic E-state index is 9.92. The molecule has 0 amide bonds. The number of unbranched alkanes of at least 4 members (excludes halogenated alkanes) is 1. The van der Waals surface area contributed by atoms with Crippen molar-refractivity contribution >= 4 is 5.97 Å². The fourth-order valence-electron chi connectivity index (χ4n) is 0.280. The number of rotatable bonds is 4. The second-order valence-corrected chi connectivity index (χ2v) is 2.47. The number of hydrogen-bond donors (Lipinski definition) is 2. The average Bonchev–Trinajstić information content (AvgIpc) is 2.05. The molecule has 3 N–H and O–H groups in total. The zero-order valence-corrected chi connectivity index (χ0v) is 7.92. The predicted molar refractivity (Wildman–Crippen MR) is 51.0 cm³/mol. The van der Waals surface area contributed by atoms with Crippen molar-refractivity contribution in [2.24, 2.45) is 5.73 Å². The number of hydrogen-bond acceptors (Lipinski definition) is 2. The van der Waals surface area contributed by atoms with Crippen molar-refractivity contribution in [2.75, 3.05) is 0 Å². The van der Waals surface area contributed by atoms with Gasteiger partial charge in [0.25, 0.3) is 0 Å². The Labute approximate surface area is 74.3 Å². The minimum atomic E-state index is -0.982. The van der Waals surface area contributed by atoms with Crippen LogP contribution in [0.15, 0.2) is 12.7 Å². The lowest BCUT2D eigenvalue weighted by Gasteiger charge is -1.98.